The zero-order valence-corrected chi connectivity index (χ0v) is 16.4. The van der Waals surface area contributed by atoms with Crippen molar-refractivity contribution in [2.24, 2.45) is 5.92 Å². The van der Waals surface area contributed by atoms with Crippen molar-refractivity contribution in [1.82, 2.24) is 5.32 Å². The standard InChI is InChI=1S/C22H25N3O3/c1-5-20(26)25(4)19-11-9-17(10-12-19)22(28)23-14-16-7-6-8-18(13-16)24-21(27)15(2)3/h5-13,15H,1,14H2,2-4H3,(H,23,28)(H,24,27). The number of likely N-dealkylation sites (N-methyl/N-ethyl adjacent to an activating group) is 1. The maximum atomic E-state index is 12.4. The number of nitrogens with zero attached hydrogens (tertiary/aromatic N) is 1. The predicted octanol–water partition coefficient (Wildman–Crippen LogP) is 3.36. The van der Waals surface area contributed by atoms with E-state index in [1.807, 2.05) is 38.1 Å². The lowest BCUT2D eigenvalue weighted by atomic mass is 10.1. The fourth-order valence-electron chi connectivity index (χ4n) is 2.43. The predicted molar refractivity (Wildman–Crippen MR) is 111 cm³/mol. The number of anilines is 2. The van der Waals surface area contributed by atoms with Crippen LogP contribution in [-0.2, 0) is 16.1 Å². The molecule has 0 saturated carbocycles. The highest BCUT2D eigenvalue weighted by molar-refractivity contribution is 6.01. The van der Waals surface area contributed by atoms with Crippen molar-refractivity contribution < 1.29 is 14.4 Å². The lowest BCUT2D eigenvalue weighted by Crippen LogP contribution is -2.25. The Labute approximate surface area is 165 Å². The summed E-state index contributed by atoms with van der Waals surface area (Å²) in [5, 5.41) is 5.69. The molecule has 0 radical (unpaired) electrons. The van der Waals surface area contributed by atoms with Crippen LogP contribution in [0.5, 0.6) is 0 Å². The molecule has 0 aliphatic rings. The van der Waals surface area contributed by atoms with Crippen molar-refractivity contribution in [1.29, 1.82) is 0 Å². The van der Waals surface area contributed by atoms with Gasteiger partial charge in [-0.1, -0.05) is 32.6 Å². The first-order valence-corrected chi connectivity index (χ1v) is 9.00. The number of nitrogens with one attached hydrogen (secondary N) is 2. The maximum absolute atomic E-state index is 12.4. The quantitative estimate of drug-likeness (QED) is 0.724. The Bertz CT molecular complexity index is 873. The molecule has 0 aliphatic heterocycles. The molecule has 146 valence electrons. The van der Waals surface area contributed by atoms with E-state index in [4.69, 9.17) is 0 Å². The summed E-state index contributed by atoms with van der Waals surface area (Å²) >= 11 is 0. The molecule has 2 aromatic carbocycles. The van der Waals surface area contributed by atoms with Crippen LogP contribution in [0.25, 0.3) is 0 Å². The van der Waals surface area contributed by atoms with Gasteiger partial charge < -0.3 is 15.5 Å². The summed E-state index contributed by atoms with van der Waals surface area (Å²) in [7, 11) is 1.64. The first kappa shape index (κ1) is 20.9. The first-order valence-electron chi connectivity index (χ1n) is 9.00. The van der Waals surface area contributed by atoms with Gasteiger partial charge in [0, 0.05) is 36.4 Å². The Kier molecular flexibility index (Phi) is 7.09. The van der Waals surface area contributed by atoms with Crippen LogP contribution in [-0.4, -0.2) is 24.8 Å². The number of amides is 3. The van der Waals surface area contributed by atoms with Crippen molar-refractivity contribution in [2.75, 3.05) is 17.3 Å². The Balaban J connectivity index is 1.97. The summed E-state index contributed by atoms with van der Waals surface area (Å²) in [6.07, 6.45) is 1.23. The minimum Gasteiger partial charge on any atom is -0.348 e. The Morgan fingerprint density at radius 3 is 2.39 bits per heavy atom. The minimum atomic E-state index is -0.221. The van der Waals surface area contributed by atoms with Crippen LogP contribution in [0.3, 0.4) is 0 Å². The third-order valence-corrected chi connectivity index (χ3v) is 4.19. The van der Waals surface area contributed by atoms with Crippen LogP contribution in [0.4, 0.5) is 11.4 Å². The summed E-state index contributed by atoms with van der Waals surface area (Å²) in [5.74, 6) is -0.601. The smallest absolute Gasteiger partial charge is 0.251 e. The molecule has 2 N–H and O–H groups in total. The molecule has 3 amide bonds. The molecule has 0 aliphatic carbocycles. The molecule has 0 spiro atoms. The van der Waals surface area contributed by atoms with Gasteiger partial charge in [0.15, 0.2) is 0 Å². The number of hydrogen-bond donors (Lipinski definition) is 2. The molecule has 0 bridgehead atoms. The summed E-state index contributed by atoms with van der Waals surface area (Å²) in [6.45, 7) is 7.45. The molecule has 0 atom stereocenters. The van der Waals surface area contributed by atoms with Crippen molar-refractivity contribution >= 4 is 29.1 Å². The van der Waals surface area contributed by atoms with Gasteiger partial charge in [0.2, 0.25) is 11.8 Å². The number of benzene rings is 2. The molecule has 0 fully saturated rings. The van der Waals surface area contributed by atoms with Crippen molar-refractivity contribution in [3.8, 4) is 0 Å². The molecular weight excluding hydrogens is 354 g/mol. The second kappa shape index (κ2) is 9.50. The molecule has 0 saturated heterocycles. The van der Waals surface area contributed by atoms with Gasteiger partial charge in [0.1, 0.15) is 0 Å². The molecule has 28 heavy (non-hydrogen) atoms. The van der Waals surface area contributed by atoms with E-state index in [1.54, 1.807) is 31.3 Å². The van der Waals surface area contributed by atoms with E-state index in [0.29, 0.717) is 23.5 Å². The monoisotopic (exact) mass is 379 g/mol. The number of carbonyl (C=O) groups is 3. The topological polar surface area (TPSA) is 78.5 Å². The third-order valence-electron chi connectivity index (χ3n) is 4.19. The van der Waals surface area contributed by atoms with E-state index in [1.165, 1.54) is 11.0 Å². The van der Waals surface area contributed by atoms with Gasteiger partial charge in [-0.05, 0) is 48.0 Å². The van der Waals surface area contributed by atoms with Crippen LogP contribution in [0.2, 0.25) is 0 Å². The Hall–Kier alpha value is -3.41. The average molecular weight is 379 g/mol. The fourth-order valence-corrected chi connectivity index (χ4v) is 2.43. The van der Waals surface area contributed by atoms with Gasteiger partial charge in [-0.2, -0.15) is 0 Å². The highest BCUT2D eigenvalue weighted by Gasteiger charge is 2.10. The van der Waals surface area contributed by atoms with Gasteiger partial charge >= 0.3 is 0 Å². The average Bonchev–Trinajstić information content (AvgIpc) is 2.71. The van der Waals surface area contributed by atoms with E-state index in [2.05, 4.69) is 17.2 Å². The molecule has 0 unspecified atom stereocenters. The van der Waals surface area contributed by atoms with Crippen LogP contribution in [0.15, 0.2) is 61.2 Å². The van der Waals surface area contributed by atoms with Crippen LogP contribution in [0, 0.1) is 5.92 Å². The van der Waals surface area contributed by atoms with Crippen molar-refractivity contribution in [3.05, 3.63) is 72.3 Å². The van der Waals surface area contributed by atoms with E-state index in [0.717, 1.165) is 5.56 Å². The van der Waals surface area contributed by atoms with E-state index < -0.39 is 0 Å². The SMILES string of the molecule is C=CC(=O)N(C)c1ccc(C(=O)NCc2cccc(NC(=O)C(C)C)c2)cc1. The first-order chi connectivity index (χ1) is 13.3. The lowest BCUT2D eigenvalue weighted by Gasteiger charge is -2.15. The zero-order chi connectivity index (χ0) is 20.7. The molecule has 0 heterocycles. The second-order valence-electron chi connectivity index (χ2n) is 6.68. The molecule has 2 aromatic rings. The normalized spacial score (nSPS) is 10.3. The van der Waals surface area contributed by atoms with Crippen molar-refractivity contribution in [2.45, 2.75) is 20.4 Å². The minimum absolute atomic E-state index is 0.0545. The van der Waals surface area contributed by atoms with E-state index in [9.17, 15) is 14.4 Å². The largest absolute Gasteiger partial charge is 0.348 e. The highest BCUT2D eigenvalue weighted by Crippen LogP contribution is 2.15. The van der Waals surface area contributed by atoms with Gasteiger partial charge in [-0.15, -0.1) is 0 Å². The lowest BCUT2D eigenvalue weighted by molar-refractivity contribution is -0.119. The zero-order valence-electron chi connectivity index (χ0n) is 16.4. The van der Waals surface area contributed by atoms with Gasteiger partial charge in [0.05, 0.1) is 0 Å². The maximum Gasteiger partial charge on any atom is 0.251 e. The van der Waals surface area contributed by atoms with Gasteiger partial charge in [-0.25, -0.2) is 0 Å². The van der Waals surface area contributed by atoms with E-state index in [-0.39, 0.29) is 23.6 Å². The molecular formula is C22H25N3O3. The Morgan fingerprint density at radius 1 is 1.11 bits per heavy atom. The molecule has 6 nitrogen and oxygen atoms in total. The number of carbonyl (C=O) groups excluding carboxylic acids is 3. The second-order valence-corrected chi connectivity index (χ2v) is 6.68. The summed E-state index contributed by atoms with van der Waals surface area (Å²) < 4.78 is 0. The summed E-state index contributed by atoms with van der Waals surface area (Å²) in [4.78, 5) is 37.2. The highest BCUT2D eigenvalue weighted by atomic mass is 16.2. The molecule has 6 heteroatoms. The Morgan fingerprint density at radius 2 is 1.79 bits per heavy atom. The van der Waals surface area contributed by atoms with Crippen LogP contribution in [0.1, 0.15) is 29.8 Å². The number of hydrogen-bond acceptors (Lipinski definition) is 3. The summed E-state index contributed by atoms with van der Waals surface area (Å²) in [5.41, 5.74) is 2.75. The van der Waals surface area contributed by atoms with Crippen molar-refractivity contribution in [3.63, 3.8) is 0 Å². The van der Waals surface area contributed by atoms with Crippen LogP contribution >= 0.6 is 0 Å². The molecule has 2 rings (SSSR count). The van der Waals surface area contributed by atoms with E-state index >= 15 is 0 Å². The molecule has 0 aromatic heterocycles. The van der Waals surface area contributed by atoms with Crippen LogP contribution < -0.4 is 15.5 Å². The third kappa shape index (κ3) is 5.54. The van der Waals surface area contributed by atoms with Gasteiger partial charge in [-0.3, -0.25) is 14.4 Å². The van der Waals surface area contributed by atoms with Gasteiger partial charge in [0.25, 0.3) is 5.91 Å². The fraction of sp³-hybridized carbons (Fsp3) is 0.227. The summed E-state index contributed by atoms with van der Waals surface area (Å²) in [6, 6.07) is 14.1. The number of rotatable bonds is 7.